The van der Waals surface area contributed by atoms with E-state index in [0.717, 1.165) is 11.7 Å². The van der Waals surface area contributed by atoms with Gasteiger partial charge in [0.1, 0.15) is 6.04 Å². The topological polar surface area (TPSA) is 32.5 Å². The fourth-order valence-electron chi connectivity index (χ4n) is 4.35. The fraction of sp³-hybridized carbons (Fsp3) is 0.625. The van der Waals surface area contributed by atoms with Crippen LogP contribution in [0.4, 0.5) is 11.4 Å². The third-order valence-electron chi connectivity index (χ3n) is 5.78. The van der Waals surface area contributed by atoms with Crippen LogP contribution < -0.4 is 10.6 Å². The van der Waals surface area contributed by atoms with Gasteiger partial charge >= 0.3 is 0 Å². The first-order valence-electron chi connectivity index (χ1n) is 7.94. The molecule has 4 heterocycles. The highest BCUT2D eigenvalue weighted by Gasteiger charge is 2.46. The molecule has 0 saturated carbocycles. The molecule has 4 heteroatoms. The SMILES string of the molecule is Nc1ccc(N2CCC([N+]34CCN(CC3)CC4)C2)cc1. The third kappa shape index (κ3) is 1.98. The van der Waals surface area contributed by atoms with E-state index < -0.39 is 0 Å². The van der Waals surface area contributed by atoms with Gasteiger partial charge in [-0.05, 0) is 24.3 Å². The first-order valence-corrected chi connectivity index (χ1v) is 7.94. The lowest BCUT2D eigenvalue weighted by Crippen LogP contribution is -2.71. The minimum Gasteiger partial charge on any atom is -0.399 e. The predicted molar refractivity (Wildman–Crippen MR) is 82.8 cm³/mol. The van der Waals surface area contributed by atoms with Crippen molar-refractivity contribution in [1.82, 2.24) is 4.90 Å². The normalized spacial score (nSPS) is 36.5. The maximum atomic E-state index is 5.79. The summed E-state index contributed by atoms with van der Waals surface area (Å²) >= 11 is 0. The Labute approximate surface area is 121 Å². The van der Waals surface area contributed by atoms with Crippen LogP contribution >= 0.6 is 0 Å². The summed E-state index contributed by atoms with van der Waals surface area (Å²) in [6.07, 6.45) is 1.35. The molecule has 1 unspecified atom stereocenters. The van der Waals surface area contributed by atoms with Crippen molar-refractivity contribution in [3.63, 3.8) is 0 Å². The molecule has 1 aromatic carbocycles. The lowest BCUT2D eigenvalue weighted by Gasteiger charge is -2.53. The molecule has 4 saturated heterocycles. The summed E-state index contributed by atoms with van der Waals surface area (Å²) in [7, 11) is 0. The molecule has 5 rings (SSSR count). The lowest BCUT2D eigenvalue weighted by atomic mass is 10.0. The number of fused-ring (bicyclic) bond motifs is 3. The molecule has 4 fully saturated rings. The number of quaternary nitrogens is 1. The number of benzene rings is 1. The maximum Gasteiger partial charge on any atom is 0.109 e. The van der Waals surface area contributed by atoms with E-state index in [2.05, 4.69) is 21.9 Å². The second kappa shape index (κ2) is 4.64. The van der Waals surface area contributed by atoms with Gasteiger partial charge in [0.05, 0.1) is 26.2 Å². The van der Waals surface area contributed by atoms with Gasteiger partial charge in [0.25, 0.3) is 0 Å². The van der Waals surface area contributed by atoms with E-state index in [1.807, 2.05) is 12.1 Å². The second-order valence-corrected chi connectivity index (χ2v) is 6.71. The number of nitrogens with two attached hydrogens (primary N) is 1. The number of hydrogen-bond acceptors (Lipinski definition) is 3. The monoisotopic (exact) mass is 273 g/mol. The molecule has 0 spiro atoms. The summed E-state index contributed by atoms with van der Waals surface area (Å²) in [5, 5.41) is 0. The Bertz CT molecular complexity index is 462. The van der Waals surface area contributed by atoms with Gasteiger partial charge in [-0.1, -0.05) is 0 Å². The van der Waals surface area contributed by atoms with Crippen LogP contribution in [0.1, 0.15) is 6.42 Å². The van der Waals surface area contributed by atoms with Crippen molar-refractivity contribution < 1.29 is 4.48 Å². The summed E-state index contributed by atoms with van der Waals surface area (Å²) < 4.78 is 1.39. The van der Waals surface area contributed by atoms with Crippen LogP contribution in [0, 0.1) is 0 Å². The smallest absolute Gasteiger partial charge is 0.109 e. The summed E-state index contributed by atoms with van der Waals surface area (Å²) in [5.41, 5.74) is 7.99. The number of nitrogen functional groups attached to an aromatic ring is 1. The van der Waals surface area contributed by atoms with Crippen LogP contribution in [-0.4, -0.2) is 67.8 Å². The number of hydrogen-bond donors (Lipinski definition) is 1. The van der Waals surface area contributed by atoms with Gasteiger partial charge in [0.15, 0.2) is 0 Å². The molecule has 0 aliphatic carbocycles. The second-order valence-electron chi connectivity index (χ2n) is 6.71. The largest absolute Gasteiger partial charge is 0.399 e. The summed E-state index contributed by atoms with van der Waals surface area (Å²) in [4.78, 5) is 5.19. The van der Waals surface area contributed by atoms with Crippen molar-refractivity contribution in [2.24, 2.45) is 0 Å². The van der Waals surface area contributed by atoms with Crippen LogP contribution in [0.3, 0.4) is 0 Å². The van der Waals surface area contributed by atoms with Gasteiger partial charge in [0.2, 0.25) is 0 Å². The standard InChI is InChI=1S/C16H25N4/c17-14-1-3-15(4-2-14)19-6-5-16(13-19)20-10-7-18(8-11-20)9-12-20/h1-4,16H,5-13,17H2/q+1. The highest BCUT2D eigenvalue weighted by atomic mass is 15.5. The fourth-order valence-corrected chi connectivity index (χ4v) is 4.35. The van der Waals surface area contributed by atoms with Crippen LogP contribution in [0.25, 0.3) is 0 Å². The minimum absolute atomic E-state index is 0.843. The average Bonchev–Trinajstić information content (AvgIpc) is 3.01. The Kier molecular flexibility index (Phi) is 2.89. The van der Waals surface area contributed by atoms with E-state index in [1.165, 1.54) is 68.9 Å². The Hall–Kier alpha value is -1.26. The first kappa shape index (κ1) is 12.5. The Balaban J connectivity index is 1.49. The van der Waals surface area contributed by atoms with E-state index in [0.29, 0.717) is 0 Å². The van der Waals surface area contributed by atoms with Crippen molar-refractivity contribution >= 4 is 11.4 Å². The van der Waals surface area contributed by atoms with Crippen LogP contribution in [0.15, 0.2) is 24.3 Å². The van der Waals surface area contributed by atoms with E-state index in [4.69, 9.17) is 5.73 Å². The summed E-state index contributed by atoms with van der Waals surface area (Å²) in [6.45, 7) is 10.5. The molecule has 2 N–H and O–H groups in total. The van der Waals surface area contributed by atoms with Gasteiger partial charge in [-0.25, -0.2) is 0 Å². The van der Waals surface area contributed by atoms with Crippen molar-refractivity contribution in [2.75, 3.05) is 63.0 Å². The van der Waals surface area contributed by atoms with Gasteiger partial charge in [-0.3, -0.25) is 4.90 Å². The molecular weight excluding hydrogens is 248 g/mol. The van der Waals surface area contributed by atoms with E-state index in [1.54, 1.807) is 0 Å². The van der Waals surface area contributed by atoms with Gasteiger partial charge < -0.3 is 15.1 Å². The molecule has 2 bridgehead atoms. The third-order valence-corrected chi connectivity index (χ3v) is 5.78. The predicted octanol–water partition coefficient (Wildman–Crippen LogP) is 0.994. The van der Waals surface area contributed by atoms with Crippen LogP contribution in [0.2, 0.25) is 0 Å². The molecule has 0 radical (unpaired) electrons. The maximum absolute atomic E-state index is 5.79. The average molecular weight is 273 g/mol. The minimum atomic E-state index is 0.843. The Morgan fingerprint density at radius 1 is 0.950 bits per heavy atom. The Morgan fingerprint density at radius 3 is 2.25 bits per heavy atom. The Morgan fingerprint density at radius 2 is 1.60 bits per heavy atom. The number of rotatable bonds is 2. The molecule has 4 nitrogen and oxygen atoms in total. The van der Waals surface area contributed by atoms with Crippen molar-refractivity contribution in [1.29, 1.82) is 0 Å². The molecule has 108 valence electrons. The van der Waals surface area contributed by atoms with Gasteiger partial charge in [-0.15, -0.1) is 0 Å². The highest BCUT2D eigenvalue weighted by Crippen LogP contribution is 2.31. The molecule has 1 aromatic rings. The van der Waals surface area contributed by atoms with E-state index >= 15 is 0 Å². The summed E-state index contributed by atoms with van der Waals surface area (Å²) in [6, 6.07) is 9.23. The molecule has 0 amide bonds. The molecule has 20 heavy (non-hydrogen) atoms. The molecular formula is C16H25N4+. The quantitative estimate of drug-likeness (QED) is 0.644. The zero-order valence-corrected chi connectivity index (χ0v) is 12.2. The molecule has 4 aliphatic rings. The van der Waals surface area contributed by atoms with Crippen molar-refractivity contribution in [3.05, 3.63) is 24.3 Å². The number of anilines is 2. The van der Waals surface area contributed by atoms with Gasteiger partial charge in [-0.2, -0.15) is 0 Å². The lowest BCUT2D eigenvalue weighted by molar-refractivity contribution is -0.961. The highest BCUT2D eigenvalue weighted by molar-refractivity contribution is 5.53. The van der Waals surface area contributed by atoms with E-state index in [9.17, 15) is 0 Å². The zero-order chi connectivity index (χ0) is 13.6. The van der Waals surface area contributed by atoms with Crippen molar-refractivity contribution in [2.45, 2.75) is 12.5 Å². The van der Waals surface area contributed by atoms with E-state index in [-0.39, 0.29) is 0 Å². The molecule has 0 aromatic heterocycles. The zero-order valence-electron chi connectivity index (χ0n) is 12.2. The van der Waals surface area contributed by atoms with Crippen LogP contribution in [-0.2, 0) is 0 Å². The van der Waals surface area contributed by atoms with Crippen molar-refractivity contribution in [3.8, 4) is 0 Å². The van der Waals surface area contributed by atoms with Gasteiger partial charge in [0, 0.05) is 44.0 Å². The van der Waals surface area contributed by atoms with Crippen LogP contribution in [0.5, 0.6) is 0 Å². The molecule has 1 atom stereocenters. The first-order chi connectivity index (χ1) is 9.75. The summed E-state index contributed by atoms with van der Waals surface area (Å²) in [5.74, 6) is 0. The number of nitrogens with zero attached hydrogens (tertiary/aromatic N) is 3. The number of piperazine rings is 3. The molecule has 4 aliphatic heterocycles.